The summed E-state index contributed by atoms with van der Waals surface area (Å²) in [5, 5.41) is 4.62. The summed E-state index contributed by atoms with van der Waals surface area (Å²) in [5.41, 5.74) is 1.73. The Labute approximate surface area is 139 Å². The molecule has 0 spiro atoms. The molecule has 0 aliphatic carbocycles. The van der Waals surface area contributed by atoms with Crippen LogP contribution in [-0.4, -0.2) is 15.9 Å². The van der Waals surface area contributed by atoms with Crippen LogP contribution in [0.25, 0.3) is 10.9 Å². The van der Waals surface area contributed by atoms with Gasteiger partial charge >= 0.3 is 0 Å². The molecule has 1 N–H and O–H groups in total. The lowest BCUT2D eigenvalue weighted by Gasteiger charge is -2.08. The smallest absolute Gasteiger partial charge is 0.226 e. The van der Waals surface area contributed by atoms with Crippen molar-refractivity contribution in [3.63, 3.8) is 0 Å². The van der Waals surface area contributed by atoms with Gasteiger partial charge in [0.25, 0.3) is 0 Å². The molecule has 0 bridgehead atoms. The van der Waals surface area contributed by atoms with Gasteiger partial charge in [0, 0.05) is 28.1 Å². The average molecular weight is 323 g/mol. The summed E-state index contributed by atoms with van der Waals surface area (Å²) in [7, 11) is 0. The van der Waals surface area contributed by atoms with Crippen LogP contribution in [0.5, 0.6) is 0 Å². The number of nitrogens with zero attached hydrogens (tertiary/aromatic N) is 2. The van der Waals surface area contributed by atoms with E-state index in [-0.39, 0.29) is 11.8 Å². The fraction of sp³-hybridized carbons (Fsp3) is 0.167. The highest BCUT2D eigenvalue weighted by molar-refractivity contribution is 7.99. The lowest BCUT2D eigenvalue weighted by Crippen LogP contribution is -2.17. The number of rotatable bonds is 4. The van der Waals surface area contributed by atoms with E-state index in [2.05, 4.69) is 15.3 Å². The number of para-hydroxylation sites is 1. The van der Waals surface area contributed by atoms with Gasteiger partial charge < -0.3 is 5.32 Å². The number of benzene rings is 2. The summed E-state index contributed by atoms with van der Waals surface area (Å²) in [5.74, 6) is -0.0154. The maximum atomic E-state index is 11.7. The third-order valence-electron chi connectivity index (χ3n) is 3.32. The van der Waals surface area contributed by atoms with Crippen molar-refractivity contribution in [2.24, 2.45) is 5.92 Å². The quantitative estimate of drug-likeness (QED) is 0.724. The number of carbonyl (C=O) groups excluding carboxylic acids is 1. The summed E-state index contributed by atoms with van der Waals surface area (Å²) in [4.78, 5) is 21.6. The van der Waals surface area contributed by atoms with Crippen molar-refractivity contribution in [3.05, 3.63) is 54.7 Å². The van der Waals surface area contributed by atoms with Gasteiger partial charge in [-0.1, -0.05) is 32.0 Å². The van der Waals surface area contributed by atoms with Crippen LogP contribution in [0, 0.1) is 5.92 Å². The van der Waals surface area contributed by atoms with Gasteiger partial charge in [0.2, 0.25) is 5.91 Å². The Morgan fingerprint density at radius 1 is 1.09 bits per heavy atom. The van der Waals surface area contributed by atoms with Crippen LogP contribution in [0.3, 0.4) is 0 Å². The minimum atomic E-state index is -0.0324. The van der Waals surface area contributed by atoms with E-state index in [1.54, 1.807) is 0 Å². The summed E-state index contributed by atoms with van der Waals surface area (Å²) >= 11 is 1.50. The van der Waals surface area contributed by atoms with Crippen LogP contribution >= 0.6 is 11.8 Å². The second-order valence-corrected chi connectivity index (χ2v) is 6.52. The Kier molecular flexibility index (Phi) is 4.57. The summed E-state index contributed by atoms with van der Waals surface area (Å²) < 4.78 is 0. The van der Waals surface area contributed by atoms with Crippen LogP contribution in [0.1, 0.15) is 13.8 Å². The summed E-state index contributed by atoms with van der Waals surface area (Å²) in [6.45, 7) is 3.74. The number of carbonyl (C=O) groups is 1. The average Bonchev–Trinajstić information content (AvgIpc) is 2.56. The fourth-order valence-electron chi connectivity index (χ4n) is 2.00. The molecule has 5 heteroatoms. The van der Waals surface area contributed by atoms with E-state index in [0.29, 0.717) is 5.16 Å². The topological polar surface area (TPSA) is 54.9 Å². The number of hydrogen-bond donors (Lipinski definition) is 1. The number of fused-ring (bicyclic) bond motifs is 1. The van der Waals surface area contributed by atoms with Gasteiger partial charge in [0.05, 0.1) is 5.52 Å². The SMILES string of the molecule is CC(C)C(=O)Nc1ccc(Sc2ncc3ccccc3n2)cc1. The van der Waals surface area contributed by atoms with Crippen molar-refractivity contribution in [1.82, 2.24) is 9.97 Å². The molecule has 1 heterocycles. The zero-order valence-electron chi connectivity index (χ0n) is 13.0. The van der Waals surface area contributed by atoms with Crippen LogP contribution < -0.4 is 5.32 Å². The highest BCUT2D eigenvalue weighted by Gasteiger charge is 2.07. The molecule has 0 fully saturated rings. The standard InChI is InChI=1S/C18H17N3OS/c1-12(2)17(22)20-14-7-9-15(10-8-14)23-18-19-11-13-5-3-4-6-16(13)21-18/h3-12H,1-2H3,(H,20,22). The lowest BCUT2D eigenvalue weighted by atomic mass is 10.2. The molecular formula is C18H17N3OS. The molecule has 1 amide bonds. The van der Waals surface area contributed by atoms with Gasteiger partial charge in [-0.25, -0.2) is 9.97 Å². The van der Waals surface area contributed by atoms with E-state index in [0.717, 1.165) is 21.5 Å². The van der Waals surface area contributed by atoms with Crippen molar-refractivity contribution in [3.8, 4) is 0 Å². The molecule has 1 aromatic heterocycles. The molecule has 0 radical (unpaired) electrons. The molecule has 3 rings (SSSR count). The van der Waals surface area contributed by atoms with E-state index < -0.39 is 0 Å². The van der Waals surface area contributed by atoms with E-state index in [1.807, 2.05) is 68.6 Å². The summed E-state index contributed by atoms with van der Waals surface area (Å²) in [6.07, 6.45) is 1.84. The van der Waals surface area contributed by atoms with Crippen molar-refractivity contribution < 1.29 is 4.79 Å². The minimum absolute atomic E-state index is 0.0169. The predicted octanol–water partition coefficient (Wildman–Crippen LogP) is 4.38. The Bertz CT molecular complexity index is 831. The predicted molar refractivity (Wildman–Crippen MR) is 93.6 cm³/mol. The molecule has 116 valence electrons. The van der Waals surface area contributed by atoms with Crippen LogP contribution in [0.2, 0.25) is 0 Å². The molecular weight excluding hydrogens is 306 g/mol. The molecule has 3 aromatic rings. The van der Waals surface area contributed by atoms with Gasteiger partial charge in [-0.2, -0.15) is 0 Å². The summed E-state index contributed by atoms with van der Waals surface area (Å²) in [6, 6.07) is 15.6. The van der Waals surface area contributed by atoms with E-state index in [1.165, 1.54) is 11.8 Å². The largest absolute Gasteiger partial charge is 0.326 e. The Balaban J connectivity index is 1.73. The highest BCUT2D eigenvalue weighted by atomic mass is 32.2. The van der Waals surface area contributed by atoms with Gasteiger partial charge in [-0.05, 0) is 42.1 Å². The van der Waals surface area contributed by atoms with E-state index in [9.17, 15) is 4.79 Å². The van der Waals surface area contributed by atoms with Gasteiger partial charge in [0.15, 0.2) is 5.16 Å². The maximum Gasteiger partial charge on any atom is 0.226 e. The first-order chi connectivity index (χ1) is 11.1. The normalized spacial score (nSPS) is 10.9. The molecule has 0 saturated heterocycles. The zero-order chi connectivity index (χ0) is 16.2. The van der Waals surface area contributed by atoms with E-state index >= 15 is 0 Å². The number of aromatic nitrogens is 2. The first-order valence-electron chi connectivity index (χ1n) is 7.42. The number of amides is 1. The van der Waals surface area contributed by atoms with Crippen molar-refractivity contribution in [1.29, 1.82) is 0 Å². The number of anilines is 1. The van der Waals surface area contributed by atoms with Gasteiger partial charge in [0.1, 0.15) is 0 Å². The molecule has 2 aromatic carbocycles. The fourth-order valence-corrected chi connectivity index (χ4v) is 2.74. The van der Waals surface area contributed by atoms with Crippen molar-refractivity contribution in [2.75, 3.05) is 5.32 Å². The second-order valence-electron chi connectivity index (χ2n) is 5.48. The first kappa shape index (κ1) is 15.5. The second kappa shape index (κ2) is 6.79. The highest BCUT2D eigenvalue weighted by Crippen LogP contribution is 2.27. The third-order valence-corrected chi connectivity index (χ3v) is 4.21. The Hall–Kier alpha value is -2.40. The molecule has 0 atom stereocenters. The maximum absolute atomic E-state index is 11.7. The molecule has 4 nitrogen and oxygen atoms in total. The van der Waals surface area contributed by atoms with Crippen LogP contribution in [0.15, 0.2) is 64.8 Å². The zero-order valence-corrected chi connectivity index (χ0v) is 13.8. The van der Waals surface area contributed by atoms with Crippen LogP contribution in [0.4, 0.5) is 5.69 Å². The molecule has 0 unspecified atom stereocenters. The molecule has 0 saturated carbocycles. The number of hydrogen-bond acceptors (Lipinski definition) is 4. The van der Waals surface area contributed by atoms with Crippen LogP contribution in [-0.2, 0) is 4.79 Å². The minimum Gasteiger partial charge on any atom is -0.326 e. The van der Waals surface area contributed by atoms with Crippen molar-refractivity contribution in [2.45, 2.75) is 23.9 Å². The van der Waals surface area contributed by atoms with E-state index in [4.69, 9.17) is 0 Å². The molecule has 0 aliphatic heterocycles. The van der Waals surface area contributed by atoms with Crippen molar-refractivity contribution >= 4 is 34.3 Å². The Morgan fingerprint density at radius 2 is 1.83 bits per heavy atom. The lowest BCUT2D eigenvalue weighted by molar-refractivity contribution is -0.118. The number of nitrogens with one attached hydrogen (secondary N) is 1. The first-order valence-corrected chi connectivity index (χ1v) is 8.24. The van der Waals surface area contributed by atoms with Gasteiger partial charge in [-0.3, -0.25) is 4.79 Å². The van der Waals surface area contributed by atoms with Gasteiger partial charge in [-0.15, -0.1) is 0 Å². The molecule has 23 heavy (non-hydrogen) atoms. The monoisotopic (exact) mass is 323 g/mol. The third kappa shape index (κ3) is 3.87. The Morgan fingerprint density at radius 3 is 2.57 bits per heavy atom. The molecule has 0 aliphatic rings.